The quantitative estimate of drug-likeness (QED) is 0.761. The van der Waals surface area contributed by atoms with Crippen LogP contribution in [0.2, 0.25) is 0 Å². The van der Waals surface area contributed by atoms with Crippen LogP contribution in [0.15, 0.2) is 24.3 Å². The van der Waals surface area contributed by atoms with Gasteiger partial charge in [-0.25, -0.2) is 0 Å². The Morgan fingerprint density at radius 2 is 1.90 bits per heavy atom. The number of amides is 3. The van der Waals surface area contributed by atoms with Gasteiger partial charge in [0, 0.05) is 39.3 Å². The zero-order valence-electron chi connectivity index (χ0n) is 18.5. The smallest absolute Gasteiger partial charge is 0.260 e. The van der Waals surface area contributed by atoms with Crippen molar-refractivity contribution in [3.05, 3.63) is 29.8 Å². The summed E-state index contributed by atoms with van der Waals surface area (Å²) in [5.74, 6) is 0.0863. The maximum absolute atomic E-state index is 12.8. The molecule has 0 aromatic heterocycles. The molecule has 1 N–H and O–H groups in total. The monoisotopic (exact) mass is 431 g/mol. The van der Waals surface area contributed by atoms with Crippen molar-refractivity contribution < 1.29 is 23.9 Å². The number of fused-ring (bicyclic) bond motifs is 1. The number of aryl methyl sites for hydroxylation is 1. The van der Waals surface area contributed by atoms with Crippen LogP contribution in [0.25, 0.3) is 0 Å². The van der Waals surface area contributed by atoms with Crippen LogP contribution in [0.1, 0.15) is 31.2 Å². The van der Waals surface area contributed by atoms with Crippen molar-refractivity contribution in [2.45, 2.75) is 38.6 Å². The van der Waals surface area contributed by atoms with E-state index in [1.54, 1.807) is 9.80 Å². The molecule has 0 spiro atoms. The highest BCUT2D eigenvalue weighted by molar-refractivity contribution is 5.83. The number of hydrogen-bond donors (Lipinski definition) is 1. The van der Waals surface area contributed by atoms with Crippen LogP contribution in [0, 0.1) is 12.8 Å². The number of ether oxygens (including phenoxy) is 2. The van der Waals surface area contributed by atoms with E-state index in [1.807, 2.05) is 31.2 Å². The van der Waals surface area contributed by atoms with Crippen molar-refractivity contribution in [3.63, 3.8) is 0 Å². The molecule has 2 aliphatic rings. The summed E-state index contributed by atoms with van der Waals surface area (Å²) >= 11 is 0. The summed E-state index contributed by atoms with van der Waals surface area (Å²) in [5.41, 5.74) is 1.06. The van der Waals surface area contributed by atoms with Crippen LogP contribution in [0.3, 0.4) is 0 Å². The van der Waals surface area contributed by atoms with Crippen molar-refractivity contribution >= 4 is 17.7 Å². The molecule has 3 rings (SSSR count). The minimum absolute atomic E-state index is 0.0325. The first kappa shape index (κ1) is 23.1. The molecule has 1 aliphatic carbocycles. The van der Waals surface area contributed by atoms with Crippen LogP contribution in [-0.2, 0) is 19.1 Å². The summed E-state index contributed by atoms with van der Waals surface area (Å²) in [6.45, 7) is 3.39. The Balaban J connectivity index is 1.70. The van der Waals surface area contributed by atoms with Gasteiger partial charge in [0.05, 0.1) is 5.92 Å². The largest absolute Gasteiger partial charge is 0.484 e. The molecule has 170 valence electrons. The average molecular weight is 432 g/mol. The molecule has 1 heterocycles. The van der Waals surface area contributed by atoms with Crippen molar-refractivity contribution in [1.29, 1.82) is 0 Å². The summed E-state index contributed by atoms with van der Waals surface area (Å²) in [7, 11) is 1.49. The van der Waals surface area contributed by atoms with Gasteiger partial charge in [-0.3, -0.25) is 14.4 Å². The highest BCUT2D eigenvalue weighted by Crippen LogP contribution is 2.29. The van der Waals surface area contributed by atoms with Gasteiger partial charge >= 0.3 is 0 Å². The maximum Gasteiger partial charge on any atom is 0.260 e. The molecule has 1 aromatic carbocycles. The van der Waals surface area contributed by atoms with Crippen LogP contribution in [-0.4, -0.2) is 80.1 Å². The third-order valence-electron chi connectivity index (χ3n) is 6.05. The van der Waals surface area contributed by atoms with Gasteiger partial charge in [0.15, 0.2) is 6.61 Å². The molecule has 1 saturated heterocycles. The molecule has 8 nitrogen and oxygen atoms in total. The number of carbonyl (C=O) groups is 3. The second-order valence-electron chi connectivity index (χ2n) is 8.26. The molecule has 3 amide bonds. The van der Waals surface area contributed by atoms with Gasteiger partial charge < -0.3 is 24.6 Å². The summed E-state index contributed by atoms with van der Waals surface area (Å²) in [6, 6.07) is 7.39. The van der Waals surface area contributed by atoms with Gasteiger partial charge in [0.1, 0.15) is 12.4 Å². The predicted molar refractivity (Wildman–Crippen MR) is 116 cm³/mol. The molecule has 1 aromatic rings. The second kappa shape index (κ2) is 11.1. The molecule has 2 fully saturated rings. The van der Waals surface area contributed by atoms with Crippen molar-refractivity contribution in [2.75, 3.05) is 46.5 Å². The molecule has 0 bridgehead atoms. The van der Waals surface area contributed by atoms with Crippen LogP contribution in [0.4, 0.5) is 0 Å². The topological polar surface area (TPSA) is 88.2 Å². The Kier molecular flexibility index (Phi) is 8.28. The number of nitrogens with one attached hydrogen (secondary N) is 1. The van der Waals surface area contributed by atoms with Crippen molar-refractivity contribution in [1.82, 2.24) is 15.1 Å². The first-order chi connectivity index (χ1) is 15.0. The number of hydrogen-bond acceptors (Lipinski definition) is 5. The number of nitrogens with zero attached hydrogens (tertiary/aromatic N) is 2. The lowest BCUT2D eigenvalue weighted by molar-refractivity contribution is -0.145. The molecule has 1 saturated carbocycles. The van der Waals surface area contributed by atoms with E-state index in [9.17, 15) is 14.4 Å². The Bertz CT molecular complexity index is 784. The van der Waals surface area contributed by atoms with Gasteiger partial charge in [-0.2, -0.15) is 0 Å². The maximum atomic E-state index is 12.8. The Labute approximate surface area is 183 Å². The molecular formula is C23H33N3O5. The summed E-state index contributed by atoms with van der Waals surface area (Å²) in [5, 5.41) is 2.97. The third-order valence-corrected chi connectivity index (χ3v) is 6.05. The summed E-state index contributed by atoms with van der Waals surface area (Å²) < 4.78 is 10.7. The first-order valence-electron chi connectivity index (χ1n) is 11.0. The van der Waals surface area contributed by atoms with Gasteiger partial charge in [0.25, 0.3) is 5.91 Å². The fourth-order valence-electron chi connectivity index (χ4n) is 4.45. The van der Waals surface area contributed by atoms with Gasteiger partial charge in [-0.1, -0.05) is 25.0 Å². The lowest BCUT2D eigenvalue weighted by atomic mass is 9.82. The summed E-state index contributed by atoms with van der Waals surface area (Å²) in [6.07, 6.45) is 3.54. The van der Waals surface area contributed by atoms with E-state index in [-0.39, 0.29) is 42.9 Å². The lowest BCUT2D eigenvalue weighted by Gasteiger charge is -2.41. The first-order valence-corrected chi connectivity index (χ1v) is 11.0. The fourth-order valence-corrected chi connectivity index (χ4v) is 4.45. The average Bonchev–Trinajstić information content (AvgIpc) is 2.76. The number of benzene rings is 1. The lowest BCUT2D eigenvalue weighted by Crippen LogP contribution is -2.56. The number of rotatable bonds is 5. The molecule has 1 aliphatic heterocycles. The molecule has 31 heavy (non-hydrogen) atoms. The van der Waals surface area contributed by atoms with E-state index in [1.165, 1.54) is 7.11 Å². The normalized spacial score (nSPS) is 22.3. The van der Waals surface area contributed by atoms with E-state index >= 15 is 0 Å². The van der Waals surface area contributed by atoms with Gasteiger partial charge in [-0.05, 0) is 37.5 Å². The van der Waals surface area contributed by atoms with E-state index in [0.29, 0.717) is 31.9 Å². The van der Waals surface area contributed by atoms with Crippen molar-refractivity contribution in [2.24, 2.45) is 5.92 Å². The molecule has 8 heteroatoms. The highest BCUT2D eigenvalue weighted by atomic mass is 16.5. The number of carbonyl (C=O) groups excluding carboxylic acids is 3. The SMILES string of the molecule is COCC(=O)N1CCN(C(=O)COc2cccc(C)c2)CCNC(=O)C2CCCCC21. The molecular weight excluding hydrogens is 398 g/mol. The predicted octanol–water partition coefficient (Wildman–Crippen LogP) is 1.37. The fraction of sp³-hybridized carbons (Fsp3) is 0.609. The molecule has 2 atom stereocenters. The van der Waals surface area contributed by atoms with E-state index in [2.05, 4.69) is 5.32 Å². The van der Waals surface area contributed by atoms with Crippen molar-refractivity contribution in [3.8, 4) is 5.75 Å². The Morgan fingerprint density at radius 3 is 2.68 bits per heavy atom. The van der Waals surface area contributed by atoms with Gasteiger partial charge in [0.2, 0.25) is 11.8 Å². The summed E-state index contributed by atoms with van der Waals surface area (Å²) in [4.78, 5) is 41.8. The number of methoxy groups -OCH3 is 1. The third kappa shape index (κ3) is 6.19. The van der Waals surface area contributed by atoms with E-state index in [0.717, 1.165) is 31.2 Å². The minimum Gasteiger partial charge on any atom is -0.484 e. The molecule has 0 radical (unpaired) electrons. The van der Waals surface area contributed by atoms with Crippen LogP contribution >= 0.6 is 0 Å². The molecule has 2 unspecified atom stereocenters. The van der Waals surface area contributed by atoms with Crippen LogP contribution in [0.5, 0.6) is 5.75 Å². The highest BCUT2D eigenvalue weighted by Gasteiger charge is 2.37. The van der Waals surface area contributed by atoms with E-state index in [4.69, 9.17) is 9.47 Å². The second-order valence-corrected chi connectivity index (χ2v) is 8.26. The minimum atomic E-state index is -0.207. The van der Waals surface area contributed by atoms with Crippen LogP contribution < -0.4 is 10.1 Å². The van der Waals surface area contributed by atoms with E-state index < -0.39 is 0 Å². The standard InChI is InChI=1S/C23H33N3O5/c1-17-6-5-7-18(14-17)31-16-21(27)25-11-10-24-23(29)19-8-3-4-9-20(19)26(13-12-25)22(28)15-30-2/h5-7,14,19-20H,3-4,8-13,15-16H2,1-2H3,(H,24,29). The zero-order chi connectivity index (χ0) is 22.2. The zero-order valence-corrected chi connectivity index (χ0v) is 18.5. The Hall–Kier alpha value is -2.61. The van der Waals surface area contributed by atoms with Gasteiger partial charge in [-0.15, -0.1) is 0 Å². The Morgan fingerprint density at radius 1 is 1.10 bits per heavy atom.